The Morgan fingerprint density at radius 1 is 1.10 bits per heavy atom. The molecule has 0 aliphatic heterocycles. The first-order chi connectivity index (χ1) is 14.6. The van der Waals surface area contributed by atoms with E-state index in [1.807, 2.05) is 31.2 Å². The van der Waals surface area contributed by atoms with Gasteiger partial charge in [0, 0.05) is 22.6 Å². The quantitative estimate of drug-likeness (QED) is 0.425. The summed E-state index contributed by atoms with van der Waals surface area (Å²) >= 11 is 0. The van der Waals surface area contributed by atoms with E-state index in [0.29, 0.717) is 40.5 Å². The number of nitrogens with one attached hydrogen (secondary N) is 1. The number of hydrogen-bond acceptors (Lipinski definition) is 6. The highest BCUT2D eigenvalue weighted by molar-refractivity contribution is 7.84. The highest BCUT2D eigenvalue weighted by Crippen LogP contribution is 2.22. The Morgan fingerprint density at radius 3 is 2.77 bits per heavy atom. The van der Waals surface area contributed by atoms with Crippen LogP contribution in [0.1, 0.15) is 17.0 Å². The van der Waals surface area contributed by atoms with Crippen LogP contribution in [0.3, 0.4) is 0 Å². The molecule has 0 saturated carbocycles. The molecular formula is C21H21N3O4S2. The Bertz CT molecular complexity index is 1160. The number of furan rings is 1. The molecule has 4 aromatic rings. The lowest BCUT2D eigenvalue weighted by atomic mass is 10.2. The van der Waals surface area contributed by atoms with Crippen LogP contribution < -0.4 is 4.74 Å². The number of nitrogens with zero attached hydrogens (tertiary/aromatic N) is 2. The van der Waals surface area contributed by atoms with Crippen molar-refractivity contribution in [1.82, 2.24) is 15.0 Å². The van der Waals surface area contributed by atoms with Gasteiger partial charge in [0.15, 0.2) is 5.16 Å². The molecule has 3 heterocycles. The molecule has 3 aromatic heterocycles. The Morgan fingerprint density at radius 2 is 1.97 bits per heavy atom. The zero-order valence-corrected chi connectivity index (χ0v) is 18.0. The summed E-state index contributed by atoms with van der Waals surface area (Å²) in [6, 6.07) is 12.9. The van der Waals surface area contributed by atoms with Gasteiger partial charge in [-0.2, -0.15) is 0 Å². The zero-order chi connectivity index (χ0) is 20.9. The van der Waals surface area contributed by atoms with Crippen molar-refractivity contribution in [2.75, 3.05) is 12.4 Å². The molecule has 0 fully saturated rings. The molecular weight excluding hydrogens is 422 g/mol. The Hall–Kier alpha value is -2.78. The number of ether oxygens (including phenoxy) is 1. The third-order valence-corrected chi connectivity index (χ3v) is 6.95. The summed E-state index contributed by atoms with van der Waals surface area (Å²) in [5.74, 6) is 2.34. The van der Waals surface area contributed by atoms with Crippen molar-refractivity contribution < 1.29 is 17.6 Å². The molecule has 0 saturated heterocycles. The molecule has 2 atom stereocenters. The van der Waals surface area contributed by atoms with E-state index < -0.39 is 21.6 Å². The number of pyridine rings is 1. The van der Waals surface area contributed by atoms with Gasteiger partial charge in [0.2, 0.25) is 0 Å². The largest absolute Gasteiger partial charge is 0.492 e. The Labute approximate surface area is 178 Å². The lowest BCUT2D eigenvalue weighted by molar-refractivity contribution is 0.339. The Kier molecular flexibility index (Phi) is 6.39. The van der Waals surface area contributed by atoms with Crippen molar-refractivity contribution in [3.05, 3.63) is 71.9 Å². The van der Waals surface area contributed by atoms with Gasteiger partial charge in [-0.3, -0.25) is 13.4 Å². The first kappa shape index (κ1) is 20.5. The summed E-state index contributed by atoms with van der Waals surface area (Å²) in [7, 11) is -2.43. The van der Waals surface area contributed by atoms with E-state index in [-0.39, 0.29) is 5.75 Å². The van der Waals surface area contributed by atoms with Gasteiger partial charge in [-0.05, 0) is 37.3 Å². The van der Waals surface area contributed by atoms with Crippen LogP contribution in [-0.2, 0) is 33.1 Å². The second-order valence-electron chi connectivity index (χ2n) is 6.65. The second-order valence-corrected chi connectivity index (χ2v) is 9.59. The van der Waals surface area contributed by atoms with Crippen molar-refractivity contribution in [2.24, 2.45) is 0 Å². The zero-order valence-electron chi connectivity index (χ0n) is 16.4. The van der Waals surface area contributed by atoms with E-state index >= 15 is 0 Å². The predicted molar refractivity (Wildman–Crippen MR) is 116 cm³/mol. The summed E-state index contributed by atoms with van der Waals surface area (Å²) < 4.78 is 36.0. The molecule has 156 valence electrons. The van der Waals surface area contributed by atoms with Crippen LogP contribution in [0.4, 0.5) is 0 Å². The normalized spacial score (nSPS) is 13.4. The van der Waals surface area contributed by atoms with Gasteiger partial charge < -0.3 is 14.1 Å². The van der Waals surface area contributed by atoms with Crippen LogP contribution in [-0.4, -0.2) is 35.7 Å². The average Bonchev–Trinajstić information content (AvgIpc) is 3.40. The van der Waals surface area contributed by atoms with Gasteiger partial charge in [-0.1, -0.05) is 12.1 Å². The number of imidazole rings is 1. The van der Waals surface area contributed by atoms with E-state index in [1.165, 1.54) is 0 Å². The molecule has 1 aromatic carbocycles. The molecule has 0 aliphatic carbocycles. The molecule has 4 rings (SSSR count). The maximum absolute atomic E-state index is 12.8. The minimum absolute atomic E-state index is 0.229. The van der Waals surface area contributed by atoms with E-state index in [0.717, 1.165) is 16.6 Å². The smallest absolute Gasteiger partial charge is 0.197 e. The molecule has 0 spiro atoms. The number of benzene rings is 1. The first-order valence-corrected chi connectivity index (χ1v) is 12.2. The average molecular weight is 444 g/mol. The maximum Gasteiger partial charge on any atom is 0.197 e. The standard InChI is InChI=1S/C21H21N3O4S2/c1-15-19(14-30(26)21-23-17-6-2-3-7-18(17)24-21)22-9-8-20(15)28-11-12-29(25)13-16-5-4-10-27-16/h2-10H,11-14H2,1H3,(H,23,24). The minimum atomic E-state index is -1.36. The van der Waals surface area contributed by atoms with Gasteiger partial charge in [0.1, 0.15) is 11.5 Å². The van der Waals surface area contributed by atoms with Crippen molar-refractivity contribution >= 4 is 32.6 Å². The first-order valence-electron chi connectivity index (χ1n) is 9.38. The number of aromatic amines is 1. The van der Waals surface area contributed by atoms with Crippen molar-refractivity contribution in [1.29, 1.82) is 0 Å². The van der Waals surface area contributed by atoms with Crippen LogP contribution in [0.25, 0.3) is 11.0 Å². The monoisotopic (exact) mass is 443 g/mol. The molecule has 0 radical (unpaired) electrons. The van der Waals surface area contributed by atoms with Gasteiger partial charge in [-0.15, -0.1) is 0 Å². The molecule has 0 aliphatic rings. The minimum Gasteiger partial charge on any atom is -0.492 e. The lowest BCUT2D eigenvalue weighted by Gasteiger charge is -2.11. The van der Waals surface area contributed by atoms with Crippen LogP contribution in [0.2, 0.25) is 0 Å². The fraction of sp³-hybridized carbons (Fsp3) is 0.238. The third kappa shape index (κ3) is 4.85. The number of hydrogen-bond donors (Lipinski definition) is 1. The highest BCUT2D eigenvalue weighted by Gasteiger charge is 2.15. The topological polar surface area (TPSA) is 98.1 Å². The van der Waals surface area contributed by atoms with Gasteiger partial charge in [0.05, 0.1) is 57.7 Å². The number of para-hydroxylation sites is 2. The SMILES string of the molecule is Cc1c(OCCS(=O)Cc2ccco2)ccnc1CS(=O)c1nc2ccccc2[nH]1. The molecule has 0 bridgehead atoms. The third-order valence-electron chi connectivity index (χ3n) is 4.56. The van der Waals surface area contributed by atoms with Crippen LogP contribution in [0, 0.1) is 6.92 Å². The number of rotatable bonds is 9. The fourth-order valence-corrected chi connectivity index (χ4v) is 4.96. The summed E-state index contributed by atoms with van der Waals surface area (Å²) in [4.78, 5) is 11.9. The maximum atomic E-state index is 12.8. The summed E-state index contributed by atoms with van der Waals surface area (Å²) in [6.45, 7) is 2.19. The van der Waals surface area contributed by atoms with E-state index in [9.17, 15) is 8.42 Å². The highest BCUT2D eigenvalue weighted by atomic mass is 32.2. The molecule has 0 amide bonds. The lowest BCUT2D eigenvalue weighted by Crippen LogP contribution is -2.11. The summed E-state index contributed by atoms with van der Waals surface area (Å²) in [5, 5.41) is 0.428. The van der Waals surface area contributed by atoms with Crippen LogP contribution >= 0.6 is 0 Å². The van der Waals surface area contributed by atoms with Crippen molar-refractivity contribution in [2.45, 2.75) is 23.6 Å². The molecule has 1 N–H and O–H groups in total. The van der Waals surface area contributed by atoms with Gasteiger partial charge >= 0.3 is 0 Å². The summed E-state index contributed by atoms with van der Waals surface area (Å²) in [6.07, 6.45) is 3.20. The number of H-pyrrole nitrogens is 1. The van der Waals surface area contributed by atoms with E-state index in [4.69, 9.17) is 9.15 Å². The second kappa shape index (κ2) is 9.36. The van der Waals surface area contributed by atoms with Gasteiger partial charge in [-0.25, -0.2) is 4.98 Å². The molecule has 9 heteroatoms. The number of aromatic nitrogens is 3. The van der Waals surface area contributed by atoms with E-state index in [1.54, 1.807) is 30.7 Å². The molecule has 2 unspecified atom stereocenters. The fourth-order valence-electron chi connectivity index (χ4n) is 2.96. The Balaban J connectivity index is 1.37. The summed E-state index contributed by atoms with van der Waals surface area (Å²) in [5.41, 5.74) is 3.14. The van der Waals surface area contributed by atoms with Crippen molar-refractivity contribution in [3.63, 3.8) is 0 Å². The van der Waals surface area contributed by atoms with E-state index in [2.05, 4.69) is 15.0 Å². The number of fused-ring (bicyclic) bond motifs is 1. The van der Waals surface area contributed by atoms with Gasteiger partial charge in [0.25, 0.3) is 0 Å². The van der Waals surface area contributed by atoms with Crippen molar-refractivity contribution in [3.8, 4) is 5.75 Å². The predicted octanol–water partition coefficient (Wildman–Crippen LogP) is 3.49. The molecule has 7 nitrogen and oxygen atoms in total. The van der Waals surface area contributed by atoms with Crippen LogP contribution in [0.5, 0.6) is 5.75 Å². The van der Waals surface area contributed by atoms with Crippen LogP contribution in [0.15, 0.2) is 64.5 Å². The molecule has 30 heavy (non-hydrogen) atoms.